The Balaban J connectivity index is 2.35. The summed E-state index contributed by atoms with van der Waals surface area (Å²) in [5, 5.41) is 3.87. The van der Waals surface area contributed by atoms with Gasteiger partial charge in [-0.3, -0.25) is 4.68 Å². The SMILES string of the molecule is [B]c1cnn(C(CC(F)(F)F)c2ccccc2)c1. The molecule has 0 fully saturated rings. The summed E-state index contributed by atoms with van der Waals surface area (Å²) >= 11 is 0. The summed E-state index contributed by atoms with van der Waals surface area (Å²) in [5.74, 6) is 0. The summed E-state index contributed by atoms with van der Waals surface area (Å²) < 4.78 is 39.1. The van der Waals surface area contributed by atoms with Crippen LogP contribution in [0.3, 0.4) is 0 Å². The summed E-state index contributed by atoms with van der Waals surface area (Å²) in [6.07, 6.45) is -2.49. The smallest absolute Gasteiger partial charge is 0.266 e. The molecule has 1 unspecified atom stereocenters. The van der Waals surface area contributed by atoms with Gasteiger partial charge < -0.3 is 0 Å². The van der Waals surface area contributed by atoms with Crippen LogP contribution in [0.5, 0.6) is 0 Å². The highest BCUT2D eigenvalue weighted by Gasteiger charge is 2.33. The van der Waals surface area contributed by atoms with Crippen molar-refractivity contribution >= 4 is 13.3 Å². The maximum atomic E-state index is 12.6. The predicted octanol–water partition coefficient (Wildman–Crippen LogP) is 2.22. The predicted molar refractivity (Wildman–Crippen MR) is 62.9 cm³/mol. The molecule has 2 nitrogen and oxygen atoms in total. The number of alkyl halides is 3. The molecule has 1 heterocycles. The Labute approximate surface area is 104 Å². The quantitative estimate of drug-likeness (QED) is 0.763. The van der Waals surface area contributed by atoms with Crippen LogP contribution < -0.4 is 5.46 Å². The van der Waals surface area contributed by atoms with Crippen LogP contribution in [-0.4, -0.2) is 23.8 Å². The highest BCUT2D eigenvalue weighted by atomic mass is 19.4. The second kappa shape index (κ2) is 4.88. The number of benzene rings is 1. The van der Waals surface area contributed by atoms with Gasteiger partial charge in [-0.15, -0.1) is 0 Å². The highest BCUT2D eigenvalue weighted by Crippen LogP contribution is 2.31. The third-order valence-corrected chi connectivity index (χ3v) is 2.55. The van der Waals surface area contributed by atoms with Crippen LogP contribution in [-0.2, 0) is 0 Å². The molecule has 0 bridgehead atoms. The third kappa shape index (κ3) is 3.15. The molecule has 6 heteroatoms. The topological polar surface area (TPSA) is 17.8 Å². The highest BCUT2D eigenvalue weighted by molar-refractivity contribution is 6.31. The molecule has 1 aromatic carbocycles. The summed E-state index contributed by atoms with van der Waals surface area (Å²) in [4.78, 5) is 0. The number of rotatable bonds is 3. The van der Waals surface area contributed by atoms with Crippen molar-refractivity contribution in [2.75, 3.05) is 0 Å². The van der Waals surface area contributed by atoms with E-state index in [2.05, 4.69) is 5.10 Å². The first-order chi connectivity index (χ1) is 8.46. The Bertz CT molecular complexity index is 508. The van der Waals surface area contributed by atoms with Gasteiger partial charge in [0.15, 0.2) is 0 Å². The summed E-state index contributed by atoms with van der Waals surface area (Å²) in [7, 11) is 5.49. The van der Waals surface area contributed by atoms with Crippen molar-refractivity contribution in [3.05, 3.63) is 48.3 Å². The van der Waals surface area contributed by atoms with Crippen LogP contribution in [0.1, 0.15) is 18.0 Å². The van der Waals surface area contributed by atoms with Gasteiger partial charge in [-0.05, 0) is 5.56 Å². The number of nitrogens with zero attached hydrogens (tertiary/aromatic N) is 2. The third-order valence-electron chi connectivity index (χ3n) is 2.55. The Morgan fingerprint density at radius 3 is 2.39 bits per heavy atom. The Hall–Kier alpha value is -1.72. The first-order valence-corrected chi connectivity index (χ1v) is 5.37. The van der Waals surface area contributed by atoms with Crippen LogP contribution >= 0.6 is 0 Å². The summed E-state index contributed by atoms with van der Waals surface area (Å²) in [6.45, 7) is 0. The lowest BCUT2D eigenvalue weighted by molar-refractivity contribution is -0.140. The van der Waals surface area contributed by atoms with E-state index in [-0.39, 0.29) is 0 Å². The minimum absolute atomic E-state index is 0.345. The van der Waals surface area contributed by atoms with Crippen LogP contribution in [0, 0.1) is 0 Å². The van der Waals surface area contributed by atoms with E-state index in [0.29, 0.717) is 11.0 Å². The fourth-order valence-electron chi connectivity index (χ4n) is 1.78. The van der Waals surface area contributed by atoms with E-state index in [1.54, 1.807) is 30.3 Å². The van der Waals surface area contributed by atoms with Gasteiger partial charge in [-0.2, -0.15) is 18.3 Å². The molecule has 1 atom stereocenters. The van der Waals surface area contributed by atoms with Gasteiger partial charge in [0.2, 0.25) is 0 Å². The summed E-state index contributed by atoms with van der Waals surface area (Å²) in [5.41, 5.74) is 0.899. The van der Waals surface area contributed by atoms with Gasteiger partial charge >= 0.3 is 6.18 Å². The van der Waals surface area contributed by atoms with Gasteiger partial charge in [0, 0.05) is 12.4 Å². The standard InChI is InChI=1S/C12H10BF3N2/c13-10-7-17-18(8-10)11(6-12(14,15)16)9-4-2-1-3-5-9/h1-5,7-8,11H,6H2. The largest absolute Gasteiger partial charge is 0.391 e. The number of hydrogen-bond donors (Lipinski definition) is 0. The van der Waals surface area contributed by atoms with Crippen molar-refractivity contribution < 1.29 is 13.2 Å². The lowest BCUT2D eigenvalue weighted by Crippen LogP contribution is -2.20. The number of halogens is 3. The molecule has 0 N–H and O–H groups in total. The zero-order valence-corrected chi connectivity index (χ0v) is 9.43. The van der Waals surface area contributed by atoms with Crippen molar-refractivity contribution in [3.63, 3.8) is 0 Å². The van der Waals surface area contributed by atoms with Gasteiger partial charge in [0.25, 0.3) is 0 Å². The van der Waals surface area contributed by atoms with E-state index in [0.717, 1.165) is 0 Å². The second-order valence-electron chi connectivity index (χ2n) is 4.00. The maximum absolute atomic E-state index is 12.6. The fraction of sp³-hybridized carbons (Fsp3) is 0.250. The molecule has 1 aromatic heterocycles. The zero-order chi connectivity index (χ0) is 13.2. The zero-order valence-electron chi connectivity index (χ0n) is 9.43. The molecular weight excluding hydrogens is 240 g/mol. The molecule has 0 aliphatic carbocycles. The van der Waals surface area contributed by atoms with Gasteiger partial charge in [0.1, 0.15) is 7.85 Å². The molecule has 0 amide bonds. The minimum Gasteiger partial charge on any atom is -0.266 e. The van der Waals surface area contributed by atoms with Crippen LogP contribution in [0.4, 0.5) is 13.2 Å². The van der Waals surface area contributed by atoms with Crippen molar-refractivity contribution in [2.24, 2.45) is 0 Å². The van der Waals surface area contributed by atoms with Crippen molar-refractivity contribution in [1.82, 2.24) is 9.78 Å². The molecule has 2 aromatic rings. The monoisotopic (exact) mass is 250 g/mol. The molecule has 0 saturated carbocycles. The van der Waals surface area contributed by atoms with Gasteiger partial charge in [-0.25, -0.2) is 0 Å². The normalized spacial score (nSPS) is 13.5. The number of hydrogen-bond acceptors (Lipinski definition) is 1. The summed E-state index contributed by atoms with van der Waals surface area (Å²) in [6, 6.07) is 7.56. The van der Waals surface area contributed by atoms with Crippen molar-refractivity contribution in [2.45, 2.75) is 18.6 Å². The molecule has 18 heavy (non-hydrogen) atoms. The lowest BCUT2D eigenvalue weighted by Gasteiger charge is -2.19. The maximum Gasteiger partial charge on any atom is 0.391 e. The van der Waals surface area contributed by atoms with E-state index < -0.39 is 18.6 Å². The average molecular weight is 250 g/mol. The van der Waals surface area contributed by atoms with E-state index in [9.17, 15) is 13.2 Å². The minimum atomic E-state index is -4.26. The lowest BCUT2D eigenvalue weighted by atomic mass is 10.0. The van der Waals surface area contributed by atoms with E-state index in [4.69, 9.17) is 7.85 Å². The molecular formula is C12H10BF3N2. The molecule has 2 radical (unpaired) electrons. The first kappa shape index (κ1) is 12.7. The van der Waals surface area contributed by atoms with Crippen molar-refractivity contribution in [1.29, 1.82) is 0 Å². The van der Waals surface area contributed by atoms with Gasteiger partial charge in [-0.1, -0.05) is 35.8 Å². The second-order valence-corrected chi connectivity index (χ2v) is 4.00. The number of aromatic nitrogens is 2. The van der Waals surface area contributed by atoms with Gasteiger partial charge in [0.05, 0.1) is 12.5 Å². The van der Waals surface area contributed by atoms with Crippen LogP contribution in [0.25, 0.3) is 0 Å². The molecule has 2 rings (SSSR count). The molecule has 0 saturated heterocycles. The first-order valence-electron chi connectivity index (χ1n) is 5.37. The fourth-order valence-corrected chi connectivity index (χ4v) is 1.78. The Kier molecular flexibility index (Phi) is 3.45. The van der Waals surface area contributed by atoms with E-state index in [1.165, 1.54) is 17.1 Å². The molecule has 0 spiro atoms. The average Bonchev–Trinajstić information content (AvgIpc) is 2.73. The van der Waals surface area contributed by atoms with Crippen molar-refractivity contribution in [3.8, 4) is 0 Å². The van der Waals surface area contributed by atoms with E-state index >= 15 is 0 Å². The molecule has 0 aliphatic heterocycles. The molecule has 0 aliphatic rings. The van der Waals surface area contributed by atoms with Crippen LogP contribution in [0.15, 0.2) is 42.7 Å². The van der Waals surface area contributed by atoms with E-state index in [1.807, 2.05) is 0 Å². The Morgan fingerprint density at radius 1 is 1.22 bits per heavy atom. The Morgan fingerprint density at radius 2 is 1.89 bits per heavy atom. The molecule has 92 valence electrons. The van der Waals surface area contributed by atoms with Crippen LogP contribution in [0.2, 0.25) is 0 Å².